The monoisotopic (exact) mass is 476 g/mol. The number of nitrogens with zero attached hydrogens (tertiary/aromatic N) is 1. The van der Waals surface area contributed by atoms with Crippen LogP contribution in [0.1, 0.15) is 47.2 Å². The van der Waals surface area contributed by atoms with E-state index < -0.39 is 24.0 Å². The van der Waals surface area contributed by atoms with Crippen LogP contribution >= 0.6 is 0 Å². The highest BCUT2D eigenvalue weighted by Crippen LogP contribution is 2.44. The van der Waals surface area contributed by atoms with Crippen molar-refractivity contribution in [2.45, 2.75) is 32.4 Å². The molecular weight excluding hydrogens is 448 g/mol. The Hall–Kier alpha value is -4.07. The molecule has 1 aliphatic rings. The predicted octanol–water partition coefficient (Wildman–Crippen LogP) is 4.50. The molecule has 0 aliphatic heterocycles. The Balaban J connectivity index is 1.32. The summed E-state index contributed by atoms with van der Waals surface area (Å²) in [5, 5.41) is 11.7. The SMILES string of the molecule is CC(NC(=O)OCC1c2ccccc2-c2ccccc21)C(C)C(=O)N(C)Cc1ccc(C(=O)O)o1. The second-order valence-electron chi connectivity index (χ2n) is 8.81. The number of furan rings is 1. The number of hydrogen-bond donors (Lipinski definition) is 2. The second kappa shape index (κ2) is 10.0. The highest BCUT2D eigenvalue weighted by molar-refractivity contribution is 5.84. The summed E-state index contributed by atoms with van der Waals surface area (Å²) in [6, 6.07) is 18.6. The summed E-state index contributed by atoms with van der Waals surface area (Å²) < 4.78 is 10.8. The van der Waals surface area contributed by atoms with Gasteiger partial charge in [0.2, 0.25) is 11.7 Å². The van der Waals surface area contributed by atoms with Crippen LogP contribution in [0.5, 0.6) is 0 Å². The number of hydrogen-bond acceptors (Lipinski definition) is 5. The highest BCUT2D eigenvalue weighted by Gasteiger charge is 2.30. The summed E-state index contributed by atoms with van der Waals surface area (Å²) in [6.07, 6.45) is -0.584. The average molecular weight is 477 g/mol. The fraction of sp³-hybridized carbons (Fsp3) is 0.296. The van der Waals surface area contributed by atoms with Crippen LogP contribution in [-0.4, -0.2) is 47.7 Å². The molecule has 2 unspecified atom stereocenters. The number of carbonyl (C=O) groups is 3. The molecule has 0 bridgehead atoms. The third kappa shape index (κ3) is 5.06. The summed E-state index contributed by atoms with van der Waals surface area (Å²) in [6.45, 7) is 3.78. The first kappa shape index (κ1) is 24.1. The van der Waals surface area contributed by atoms with E-state index in [4.69, 9.17) is 14.3 Å². The first-order chi connectivity index (χ1) is 16.8. The van der Waals surface area contributed by atoms with E-state index in [1.165, 1.54) is 17.0 Å². The Kier molecular flexibility index (Phi) is 6.91. The van der Waals surface area contributed by atoms with Gasteiger partial charge >= 0.3 is 12.1 Å². The van der Waals surface area contributed by atoms with E-state index >= 15 is 0 Å². The van der Waals surface area contributed by atoms with Crippen molar-refractivity contribution in [3.8, 4) is 11.1 Å². The number of nitrogens with one attached hydrogen (secondary N) is 1. The van der Waals surface area contributed by atoms with Crippen molar-refractivity contribution in [1.29, 1.82) is 0 Å². The lowest BCUT2D eigenvalue weighted by atomic mass is 9.98. The fourth-order valence-corrected chi connectivity index (χ4v) is 4.40. The van der Waals surface area contributed by atoms with Gasteiger partial charge in [-0.25, -0.2) is 9.59 Å². The number of fused-ring (bicyclic) bond motifs is 3. The molecule has 2 aromatic carbocycles. The second-order valence-corrected chi connectivity index (χ2v) is 8.81. The Morgan fingerprint density at radius 3 is 2.17 bits per heavy atom. The van der Waals surface area contributed by atoms with Crippen molar-refractivity contribution in [1.82, 2.24) is 10.2 Å². The van der Waals surface area contributed by atoms with E-state index in [9.17, 15) is 14.4 Å². The highest BCUT2D eigenvalue weighted by atomic mass is 16.5. The van der Waals surface area contributed by atoms with E-state index in [1.54, 1.807) is 20.9 Å². The van der Waals surface area contributed by atoms with Gasteiger partial charge in [0, 0.05) is 19.0 Å². The van der Waals surface area contributed by atoms with Gasteiger partial charge in [-0.3, -0.25) is 4.79 Å². The Bertz CT molecular complexity index is 1200. The smallest absolute Gasteiger partial charge is 0.407 e. The number of carboxylic acids is 1. The number of alkyl carbamates (subject to hydrolysis) is 1. The lowest BCUT2D eigenvalue weighted by molar-refractivity contribution is -0.135. The molecule has 1 heterocycles. The molecule has 8 nitrogen and oxygen atoms in total. The van der Waals surface area contributed by atoms with Crippen molar-refractivity contribution < 1.29 is 28.6 Å². The van der Waals surface area contributed by atoms with Crippen molar-refractivity contribution in [3.63, 3.8) is 0 Å². The summed E-state index contributed by atoms with van der Waals surface area (Å²) >= 11 is 0. The molecule has 35 heavy (non-hydrogen) atoms. The van der Waals surface area contributed by atoms with Gasteiger partial charge in [0.1, 0.15) is 12.4 Å². The normalized spacial score (nSPS) is 13.9. The van der Waals surface area contributed by atoms with E-state index in [1.807, 2.05) is 24.3 Å². The molecule has 2 amide bonds. The number of aromatic carboxylic acids is 1. The Morgan fingerprint density at radius 1 is 1.00 bits per heavy atom. The fourth-order valence-electron chi connectivity index (χ4n) is 4.40. The standard InChI is InChI=1S/C27H28N2O6/c1-16(25(30)29(3)14-18-12-13-24(35-18)26(31)32)17(2)28-27(33)34-15-23-21-10-6-4-8-19(21)20-9-5-7-11-22(20)23/h4-13,16-17,23H,14-15H2,1-3H3,(H,28,33)(H,31,32). The van der Waals surface area contributed by atoms with Gasteiger partial charge < -0.3 is 24.5 Å². The van der Waals surface area contributed by atoms with Gasteiger partial charge in [0.25, 0.3) is 0 Å². The minimum Gasteiger partial charge on any atom is -0.475 e. The molecule has 0 fully saturated rings. The molecule has 4 rings (SSSR count). The molecule has 2 atom stereocenters. The largest absolute Gasteiger partial charge is 0.475 e. The molecule has 1 aromatic heterocycles. The van der Waals surface area contributed by atoms with Gasteiger partial charge in [0.15, 0.2) is 0 Å². The third-order valence-electron chi connectivity index (χ3n) is 6.47. The lowest BCUT2D eigenvalue weighted by Gasteiger charge is -2.25. The van der Waals surface area contributed by atoms with Crippen LogP contribution in [0.2, 0.25) is 0 Å². The third-order valence-corrected chi connectivity index (χ3v) is 6.47. The molecule has 0 saturated heterocycles. The molecule has 0 saturated carbocycles. The minimum atomic E-state index is -1.17. The van der Waals surface area contributed by atoms with Crippen LogP contribution in [-0.2, 0) is 16.1 Å². The maximum Gasteiger partial charge on any atom is 0.407 e. The average Bonchev–Trinajstić information content (AvgIpc) is 3.44. The van der Waals surface area contributed by atoms with Crippen molar-refractivity contribution in [2.75, 3.05) is 13.7 Å². The topological polar surface area (TPSA) is 109 Å². The van der Waals surface area contributed by atoms with Crippen molar-refractivity contribution >= 4 is 18.0 Å². The molecule has 8 heteroatoms. The van der Waals surface area contributed by atoms with Crippen LogP contribution in [0.25, 0.3) is 11.1 Å². The van der Waals surface area contributed by atoms with E-state index in [0.717, 1.165) is 22.3 Å². The van der Waals surface area contributed by atoms with E-state index in [-0.39, 0.29) is 30.7 Å². The van der Waals surface area contributed by atoms with Crippen LogP contribution < -0.4 is 5.32 Å². The van der Waals surface area contributed by atoms with Gasteiger partial charge in [-0.1, -0.05) is 55.5 Å². The predicted molar refractivity (Wildman–Crippen MR) is 129 cm³/mol. The zero-order valence-corrected chi connectivity index (χ0v) is 19.9. The number of carbonyl (C=O) groups excluding carboxylic acids is 2. The first-order valence-corrected chi connectivity index (χ1v) is 11.4. The number of rotatable bonds is 8. The minimum absolute atomic E-state index is 0.0439. The van der Waals surface area contributed by atoms with Crippen LogP contribution in [0, 0.1) is 5.92 Å². The number of ether oxygens (including phenoxy) is 1. The summed E-state index contributed by atoms with van der Waals surface area (Å²) in [4.78, 5) is 37.8. The van der Waals surface area contributed by atoms with Gasteiger partial charge in [0.05, 0.1) is 12.5 Å². The maximum atomic E-state index is 12.8. The van der Waals surface area contributed by atoms with Crippen LogP contribution in [0.4, 0.5) is 4.79 Å². The zero-order valence-electron chi connectivity index (χ0n) is 19.9. The van der Waals surface area contributed by atoms with Crippen LogP contribution in [0.15, 0.2) is 65.1 Å². The Morgan fingerprint density at radius 2 is 1.60 bits per heavy atom. The first-order valence-electron chi connectivity index (χ1n) is 11.4. The maximum absolute atomic E-state index is 12.8. The zero-order chi connectivity index (χ0) is 25.1. The summed E-state index contributed by atoms with van der Waals surface area (Å²) in [7, 11) is 1.60. The van der Waals surface area contributed by atoms with E-state index in [0.29, 0.717) is 5.76 Å². The van der Waals surface area contributed by atoms with Crippen molar-refractivity contribution in [3.05, 3.63) is 83.3 Å². The van der Waals surface area contributed by atoms with Crippen LogP contribution in [0.3, 0.4) is 0 Å². The van der Waals surface area contributed by atoms with E-state index in [2.05, 4.69) is 29.6 Å². The number of carboxylic acid groups (broad SMARTS) is 1. The quantitative estimate of drug-likeness (QED) is 0.496. The van der Waals surface area contributed by atoms with Gasteiger partial charge in [-0.15, -0.1) is 0 Å². The van der Waals surface area contributed by atoms with Gasteiger partial charge in [-0.05, 0) is 41.3 Å². The van der Waals surface area contributed by atoms with Crippen molar-refractivity contribution in [2.24, 2.45) is 5.92 Å². The Labute approximate surface area is 203 Å². The number of benzene rings is 2. The summed E-state index contributed by atoms with van der Waals surface area (Å²) in [5.74, 6) is -1.78. The molecule has 1 aliphatic carbocycles. The number of amides is 2. The molecule has 0 radical (unpaired) electrons. The lowest BCUT2D eigenvalue weighted by Crippen LogP contribution is -2.44. The van der Waals surface area contributed by atoms with Gasteiger partial charge in [-0.2, -0.15) is 0 Å². The molecular formula is C27H28N2O6. The molecule has 0 spiro atoms. The molecule has 182 valence electrons. The molecule has 2 N–H and O–H groups in total. The summed E-state index contributed by atoms with van der Waals surface area (Å²) in [5.41, 5.74) is 4.56. The molecule has 3 aromatic rings.